The first kappa shape index (κ1) is 29.2. The second-order valence-electron chi connectivity index (χ2n) is 13.0. The van der Waals surface area contributed by atoms with Crippen LogP contribution in [-0.4, -0.2) is 11.7 Å². The van der Waals surface area contributed by atoms with Crippen LogP contribution in [0.5, 0.6) is 0 Å². The van der Waals surface area contributed by atoms with Crippen LogP contribution in [0.15, 0.2) is 190 Å². The first-order valence-electron chi connectivity index (χ1n) is 17.3. The molecule has 0 fully saturated rings. The standard InChI is InChI=1S/C47H31N3O/c1-4-14-30(15-5-1)35-24-26-39(43-41-28-33-20-10-11-21-34(33)29-42(41)51-44(35)43)38-25-27-40(37-23-13-12-22-36(37)38)47-49-45(31-16-6-2-7-17-31)48-46(50-47)32-18-8-3-9-19-32/h1-29,47H,(H,48,49,50). The molecule has 240 valence electrons. The van der Waals surface area contributed by atoms with Gasteiger partial charge in [0.05, 0.1) is 0 Å². The molecule has 1 aromatic heterocycles. The van der Waals surface area contributed by atoms with Crippen LogP contribution in [0.25, 0.3) is 65.7 Å². The van der Waals surface area contributed by atoms with E-state index in [0.717, 1.165) is 82.9 Å². The molecule has 0 saturated heterocycles. The van der Waals surface area contributed by atoms with Crippen LogP contribution in [0.3, 0.4) is 0 Å². The molecule has 4 heteroatoms. The van der Waals surface area contributed by atoms with E-state index >= 15 is 0 Å². The Kier molecular flexibility index (Phi) is 6.85. The van der Waals surface area contributed by atoms with E-state index in [0.29, 0.717) is 5.84 Å². The lowest BCUT2D eigenvalue weighted by molar-refractivity contribution is 0.670. The van der Waals surface area contributed by atoms with E-state index < -0.39 is 0 Å². The highest BCUT2D eigenvalue weighted by atomic mass is 16.3. The molecule has 1 N–H and O–H groups in total. The number of hydrogen-bond acceptors (Lipinski definition) is 4. The Morgan fingerprint density at radius 2 is 1.06 bits per heavy atom. The van der Waals surface area contributed by atoms with Crippen molar-refractivity contribution in [2.24, 2.45) is 9.98 Å². The van der Waals surface area contributed by atoms with Crippen LogP contribution >= 0.6 is 0 Å². The van der Waals surface area contributed by atoms with Crippen molar-refractivity contribution in [2.75, 3.05) is 0 Å². The van der Waals surface area contributed by atoms with E-state index in [1.54, 1.807) is 0 Å². The molecule has 0 radical (unpaired) electrons. The molecule has 1 aliphatic rings. The van der Waals surface area contributed by atoms with Crippen LogP contribution < -0.4 is 5.32 Å². The molecule has 9 aromatic rings. The van der Waals surface area contributed by atoms with Gasteiger partial charge in [0, 0.05) is 33.0 Å². The van der Waals surface area contributed by atoms with Crippen molar-refractivity contribution in [2.45, 2.75) is 6.17 Å². The molecule has 8 aromatic carbocycles. The average Bonchev–Trinajstić information content (AvgIpc) is 3.58. The van der Waals surface area contributed by atoms with Crippen LogP contribution in [0.4, 0.5) is 0 Å². The third kappa shape index (κ3) is 5.00. The van der Waals surface area contributed by atoms with Gasteiger partial charge in [0.1, 0.15) is 23.2 Å². The first-order chi connectivity index (χ1) is 25.3. The van der Waals surface area contributed by atoms with Gasteiger partial charge >= 0.3 is 0 Å². The summed E-state index contributed by atoms with van der Waals surface area (Å²) < 4.78 is 6.81. The predicted molar refractivity (Wildman–Crippen MR) is 211 cm³/mol. The van der Waals surface area contributed by atoms with Crippen LogP contribution in [-0.2, 0) is 0 Å². The maximum Gasteiger partial charge on any atom is 0.159 e. The Morgan fingerprint density at radius 1 is 0.471 bits per heavy atom. The Hall–Kier alpha value is -6.78. The summed E-state index contributed by atoms with van der Waals surface area (Å²) in [5.74, 6) is 1.51. The van der Waals surface area contributed by atoms with Crippen LogP contribution in [0, 0.1) is 0 Å². The van der Waals surface area contributed by atoms with Crippen molar-refractivity contribution in [1.29, 1.82) is 0 Å². The molecule has 1 atom stereocenters. The maximum atomic E-state index is 6.81. The second-order valence-corrected chi connectivity index (χ2v) is 13.0. The summed E-state index contributed by atoms with van der Waals surface area (Å²) >= 11 is 0. The van der Waals surface area contributed by atoms with E-state index in [-0.39, 0.29) is 6.17 Å². The molecule has 51 heavy (non-hydrogen) atoms. The largest absolute Gasteiger partial charge is 0.455 e. The SMILES string of the molecule is c1ccc(C2=NC(c3ccc(-c4ccc(-c5ccccc5)c5oc6cc7ccccc7cc6c45)c4ccccc34)NC(c3ccccc3)=N2)cc1. The van der Waals surface area contributed by atoms with Crippen molar-refractivity contribution in [3.05, 3.63) is 193 Å². The highest BCUT2D eigenvalue weighted by Crippen LogP contribution is 2.45. The van der Waals surface area contributed by atoms with Gasteiger partial charge in [-0.2, -0.15) is 0 Å². The minimum absolute atomic E-state index is 0.339. The summed E-state index contributed by atoms with van der Waals surface area (Å²) in [6.45, 7) is 0. The minimum atomic E-state index is -0.339. The van der Waals surface area contributed by atoms with E-state index in [9.17, 15) is 0 Å². The zero-order chi connectivity index (χ0) is 33.7. The fraction of sp³-hybridized carbons (Fsp3) is 0.0213. The van der Waals surface area contributed by atoms with E-state index in [1.807, 2.05) is 36.4 Å². The van der Waals surface area contributed by atoms with Crippen molar-refractivity contribution in [3.8, 4) is 22.3 Å². The summed E-state index contributed by atoms with van der Waals surface area (Å²) in [6, 6.07) is 61.6. The number of nitrogens with zero attached hydrogens (tertiary/aromatic N) is 2. The van der Waals surface area contributed by atoms with Crippen molar-refractivity contribution >= 4 is 55.2 Å². The third-order valence-corrected chi connectivity index (χ3v) is 9.94. The fourth-order valence-electron chi connectivity index (χ4n) is 7.50. The van der Waals surface area contributed by atoms with Gasteiger partial charge in [0.25, 0.3) is 0 Å². The van der Waals surface area contributed by atoms with Crippen molar-refractivity contribution in [1.82, 2.24) is 5.32 Å². The van der Waals surface area contributed by atoms with Gasteiger partial charge in [-0.05, 0) is 56.4 Å². The van der Waals surface area contributed by atoms with Crippen molar-refractivity contribution < 1.29 is 4.42 Å². The number of benzene rings is 8. The van der Waals surface area contributed by atoms with Gasteiger partial charge < -0.3 is 9.73 Å². The van der Waals surface area contributed by atoms with Gasteiger partial charge in [-0.1, -0.05) is 158 Å². The number of fused-ring (bicyclic) bond motifs is 5. The highest BCUT2D eigenvalue weighted by Gasteiger charge is 2.25. The number of nitrogens with one attached hydrogen (secondary N) is 1. The molecular formula is C47H31N3O. The topological polar surface area (TPSA) is 49.9 Å². The molecule has 0 bridgehead atoms. The monoisotopic (exact) mass is 653 g/mol. The number of furan rings is 1. The molecule has 0 amide bonds. The van der Waals surface area contributed by atoms with Gasteiger partial charge in [-0.25, -0.2) is 9.98 Å². The van der Waals surface area contributed by atoms with Gasteiger partial charge in [-0.3, -0.25) is 0 Å². The average molecular weight is 654 g/mol. The molecule has 1 aliphatic heterocycles. The second kappa shape index (κ2) is 12.0. The molecule has 0 saturated carbocycles. The number of aliphatic imine (C=N–C) groups is 2. The zero-order valence-electron chi connectivity index (χ0n) is 27.6. The van der Waals surface area contributed by atoms with E-state index in [1.165, 1.54) is 5.39 Å². The van der Waals surface area contributed by atoms with Gasteiger partial charge in [-0.15, -0.1) is 0 Å². The lowest BCUT2D eigenvalue weighted by atomic mass is 9.89. The Labute approximate surface area is 295 Å². The van der Waals surface area contributed by atoms with E-state index in [4.69, 9.17) is 14.4 Å². The summed E-state index contributed by atoms with van der Waals surface area (Å²) in [7, 11) is 0. The number of amidine groups is 2. The molecular weight excluding hydrogens is 623 g/mol. The number of rotatable bonds is 5. The Bertz CT molecular complexity index is 2820. The minimum Gasteiger partial charge on any atom is -0.455 e. The van der Waals surface area contributed by atoms with Crippen molar-refractivity contribution in [3.63, 3.8) is 0 Å². The normalized spacial score (nSPS) is 14.5. The third-order valence-electron chi connectivity index (χ3n) is 9.94. The molecule has 2 heterocycles. The lowest BCUT2D eigenvalue weighted by Gasteiger charge is -2.25. The van der Waals surface area contributed by atoms with Crippen LogP contribution in [0.2, 0.25) is 0 Å². The fourth-order valence-corrected chi connectivity index (χ4v) is 7.50. The lowest BCUT2D eigenvalue weighted by Crippen LogP contribution is -2.33. The predicted octanol–water partition coefficient (Wildman–Crippen LogP) is 11.7. The van der Waals surface area contributed by atoms with Crippen LogP contribution in [0.1, 0.15) is 22.9 Å². The molecule has 1 unspecified atom stereocenters. The molecule has 4 nitrogen and oxygen atoms in total. The Morgan fingerprint density at radius 3 is 1.80 bits per heavy atom. The quantitative estimate of drug-likeness (QED) is 0.201. The molecule has 10 rings (SSSR count). The summed E-state index contributed by atoms with van der Waals surface area (Å²) in [5, 5.41) is 10.5. The smallest absolute Gasteiger partial charge is 0.159 e. The molecule has 0 aliphatic carbocycles. The number of hydrogen-bond donors (Lipinski definition) is 1. The summed E-state index contributed by atoms with van der Waals surface area (Å²) in [4.78, 5) is 10.2. The summed E-state index contributed by atoms with van der Waals surface area (Å²) in [6.07, 6.45) is -0.339. The van der Waals surface area contributed by atoms with E-state index in [2.05, 4.69) is 145 Å². The zero-order valence-corrected chi connectivity index (χ0v) is 27.6. The Balaban J connectivity index is 1.19. The maximum absolute atomic E-state index is 6.81. The highest BCUT2D eigenvalue weighted by molar-refractivity contribution is 6.20. The van der Waals surface area contributed by atoms with Gasteiger partial charge in [0.2, 0.25) is 0 Å². The van der Waals surface area contributed by atoms with Gasteiger partial charge in [0.15, 0.2) is 5.84 Å². The molecule has 0 spiro atoms. The first-order valence-corrected chi connectivity index (χ1v) is 17.3. The summed E-state index contributed by atoms with van der Waals surface area (Å²) in [5.41, 5.74) is 9.37.